The number of rotatable bonds is 5. The Morgan fingerprint density at radius 3 is 2.79 bits per heavy atom. The zero-order valence-electron chi connectivity index (χ0n) is 14.6. The summed E-state index contributed by atoms with van der Waals surface area (Å²) in [4.78, 5) is 32.3. The monoisotopic (exact) mass is 348 g/mol. The van der Waals surface area contributed by atoms with Gasteiger partial charge in [-0.15, -0.1) is 11.3 Å². The van der Waals surface area contributed by atoms with Gasteiger partial charge in [-0.3, -0.25) is 9.36 Å². The predicted octanol–water partition coefficient (Wildman–Crippen LogP) is 3.55. The first kappa shape index (κ1) is 17.1. The third kappa shape index (κ3) is 2.88. The molecule has 130 valence electrons. The first-order valence-corrected chi connectivity index (χ1v) is 9.60. The Morgan fingerprint density at radius 2 is 2.08 bits per heavy atom. The second kappa shape index (κ2) is 7.05. The average Bonchev–Trinajstić information content (AvgIpc) is 2.94. The highest BCUT2D eigenvalue weighted by Crippen LogP contribution is 2.34. The summed E-state index contributed by atoms with van der Waals surface area (Å²) in [6, 6.07) is -0.597. The molecule has 1 aliphatic carbocycles. The molecule has 1 aliphatic rings. The van der Waals surface area contributed by atoms with Crippen LogP contribution in [-0.2, 0) is 22.4 Å². The number of aryl methyl sites for hydroxylation is 3. The number of nitrogens with zero attached hydrogens (tertiary/aromatic N) is 2. The van der Waals surface area contributed by atoms with E-state index in [0.29, 0.717) is 18.9 Å². The normalized spacial score (nSPS) is 15.3. The molecule has 0 aromatic carbocycles. The maximum Gasteiger partial charge on any atom is 0.329 e. The van der Waals surface area contributed by atoms with Crippen molar-refractivity contribution in [3.8, 4) is 0 Å². The van der Waals surface area contributed by atoms with Crippen LogP contribution >= 0.6 is 11.3 Å². The third-order valence-corrected chi connectivity index (χ3v) is 5.80. The fourth-order valence-corrected chi connectivity index (χ4v) is 4.74. The van der Waals surface area contributed by atoms with Gasteiger partial charge in [0.05, 0.1) is 12.0 Å². The second-order valence-electron chi connectivity index (χ2n) is 6.32. The van der Waals surface area contributed by atoms with E-state index < -0.39 is 6.04 Å². The van der Waals surface area contributed by atoms with Gasteiger partial charge in [-0.2, -0.15) is 0 Å². The summed E-state index contributed by atoms with van der Waals surface area (Å²) in [5.74, 6) is 0.251. The lowest BCUT2D eigenvalue weighted by atomic mass is 9.97. The lowest BCUT2D eigenvalue weighted by molar-refractivity contribution is -0.148. The van der Waals surface area contributed by atoms with Crippen molar-refractivity contribution >= 4 is 27.5 Å². The Morgan fingerprint density at radius 1 is 1.33 bits per heavy atom. The van der Waals surface area contributed by atoms with Gasteiger partial charge in [-0.25, -0.2) is 9.78 Å². The Hall–Kier alpha value is -1.69. The molecule has 2 heterocycles. The largest absolute Gasteiger partial charge is 0.464 e. The zero-order valence-corrected chi connectivity index (χ0v) is 15.4. The van der Waals surface area contributed by atoms with Gasteiger partial charge in [0.2, 0.25) is 0 Å². The number of aromatic nitrogens is 2. The van der Waals surface area contributed by atoms with Gasteiger partial charge < -0.3 is 4.74 Å². The molecule has 24 heavy (non-hydrogen) atoms. The molecular weight excluding hydrogens is 324 g/mol. The van der Waals surface area contributed by atoms with Gasteiger partial charge in [0.15, 0.2) is 0 Å². The molecule has 0 N–H and O–H groups in total. The molecule has 0 bridgehead atoms. The van der Waals surface area contributed by atoms with Crippen LogP contribution in [0.4, 0.5) is 0 Å². The van der Waals surface area contributed by atoms with E-state index in [2.05, 4.69) is 4.98 Å². The van der Waals surface area contributed by atoms with Crippen LogP contribution in [-0.4, -0.2) is 22.1 Å². The smallest absolute Gasteiger partial charge is 0.329 e. The average molecular weight is 348 g/mol. The number of fused-ring (bicyclic) bond motifs is 3. The molecule has 2 aromatic heterocycles. The topological polar surface area (TPSA) is 61.2 Å². The number of hydrogen-bond donors (Lipinski definition) is 0. The molecule has 0 fully saturated rings. The Kier molecular flexibility index (Phi) is 5.04. The quantitative estimate of drug-likeness (QED) is 0.775. The fourth-order valence-electron chi connectivity index (χ4n) is 3.44. The summed E-state index contributed by atoms with van der Waals surface area (Å²) in [5, 5.41) is 0.724. The van der Waals surface area contributed by atoms with E-state index in [-0.39, 0.29) is 11.5 Å². The number of thiophene rings is 1. The molecule has 0 saturated heterocycles. The van der Waals surface area contributed by atoms with Crippen molar-refractivity contribution in [1.29, 1.82) is 0 Å². The highest BCUT2D eigenvalue weighted by Gasteiger charge is 2.27. The van der Waals surface area contributed by atoms with Gasteiger partial charge >= 0.3 is 5.97 Å². The van der Waals surface area contributed by atoms with Crippen molar-refractivity contribution in [2.75, 3.05) is 6.61 Å². The van der Waals surface area contributed by atoms with E-state index in [0.717, 1.165) is 41.5 Å². The predicted molar refractivity (Wildman–Crippen MR) is 95.8 cm³/mol. The van der Waals surface area contributed by atoms with Gasteiger partial charge in [0, 0.05) is 4.88 Å². The van der Waals surface area contributed by atoms with Crippen LogP contribution in [0.2, 0.25) is 0 Å². The van der Waals surface area contributed by atoms with Crippen molar-refractivity contribution in [3.63, 3.8) is 0 Å². The lowest BCUT2D eigenvalue weighted by Gasteiger charge is -2.19. The number of ether oxygens (including phenoxy) is 1. The molecule has 0 aliphatic heterocycles. The summed E-state index contributed by atoms with van der Waals surface area (Å²) in [5.41, 5.74) is 1.07. The van der Waals surface area contributed by atoms with Gasteiger partial charge in [-0.1, -0.05) is 13.8 Å². The van der Waals surface area contributed by atoms with E-state index in [4.69, 9.17) is 4.74 Å². The van der Waals surface area contributed by atoms with E-state index in [9.17, 15) is 9.59 Å². The Labute approximate surface area is 145 Å². The maximum atomic E-state index is 13.2. The zero-order chi connectivity index (χ0) is 17.3. The molecule has 5 nitrogen and oxygen atoms in total. The summed E-state index contributed by atoms with van der Waals surface area (Å²) in [6.45, 7) is 6.04. The summed E-state index contributed by atoms with van der Waals surface area (Å²) < 4.78 is 6.83. The van der Waals surface area contributed by atoms with Gasteiger partial charge in [0.1, 0.15) is 16.7 Å². The van der Waals surface area contributed by atoms with Crippen LogP contribution in [0.1, 0.15) is 61.8 Å². The van der Waals surface area contributed by atoms with E-state index in [1.807, 2.05) is 13.8 Å². The number of esters is 1. The molecule has 1 unspecified atom stereocenters. The van der Waals surface area contributed by atoms with Crippen molar-refractivity contribution in [1.82, 2.24) is 9.55 Å². The minimum absolute atomic E-state index is 0.0859. The van der Waals surface area contributed by atoms with Crippen molar-refractivity contribution < 1.29 is 9.53 Å². The molecular formula is C18H24N2O3S. The Bertz CT molecular complexity index is 822. The van der Waals surface area contributed by atoms with Crippen LogP contribution in [0, 0.1) is 6.92 Å². The van der Waals surface area contributed by atoms with Gasteiger partial charge in [0.25, 0.3) is 5.56 Å². The van der Waals surface area contributed by atoms with Crippen molar-refractivity contribution in [2.45, 2.75) is 65.3 Å². The molecule has 0 saturated carbocycles. The highest BCUT2D eigenvalue weighted by atomic mass is 32.1. The highest BCUT2D eigenvalue weighted by molar-refractivity contribution is 7.18. The van der Waals surface area contributed by atoms with Crippen molar-refractivity contribution in [3.05, 3.63) is 26.6 Å². The van der Waals surface area contributed by atoms with Crippen molar-refractivity contribution in [2.24, 2.45) is 0 Å². The molecule has 3 rings (SSSR count). The minimum Gasteiger partial charge on any atom is -0.464 e. The third-order valence-electron chi connectivity index (χ3n) is 4.62. The first-order chi connectivity index (χ1) is 11.6. The van der Waals surface area contributed by atoms with Crippen LogP contribution in [0.5, 0.6) is 0 Å². The summed E-state index contributed by atoms with van der Waals surface area (Å²) >= 11 is 1.64. The van der Waals surface area contributed by atoms with Crippen LogP contribution in [0.15, 0.2) is 4.79 Å². The lowest BCUT2D eigenvalue weighted by Crippen LogP contribution is -2.33. The van der Waals surface area contributed by atoms with Crippen LogP contribution in [0.25, 0.3) is 10.2 Å². The number of carbonyl (C=O) groups excluding carboxylic acids is 1. The standard InChI is InChI=1S/C18H24N2O3S/c1-4-10-23-18(22)13(5-2)20-11(3)19-16-15(17(20)21)12-8-6-7-9-14(12)24-16/h13H,4-10H2,1-3H3. The maximum absolute atomic E-state index is 13.2. The van der Waals surface area contributed by atoms with E-state index in [1.54, 1.807) is 22.8 Å². The first-order valence-electron chi connectivity index (χ1n) is 8.78. The number of carbonyl (C=O) groups is 1. The van der Waals surface area contributed by atoms with E-state index in [1.165, 1.54) is 11.3 Å². The second-order valence-corrected chi connectivity index (χ2v) is 7.40. The number of hydrogen-bond acceptors (Lipinski definition) is 5. The molecule has 2 aromatic rings. The summed E-state index contributed by atoms with van der Waals surface area (Å²) in [6.07, 6.45) is 5.54. The van der Waals surface area contributed by atoms with Crippen LogP contribution < -0.4 is 5.56 Å². The molecule has 1 atom stereocenters. The molecule has 0 spiro atoms. The minimum atomic E-state index is -0.597. The SMILES string of the molecule is CCCOC(=O)C(CC)n1c(C)nc2sc3c(c2c1=O)CCCC3. The molecule has 6 heteroatoms. The van der Waals surface area contributed by atoms with Crippen LogP contribution in [0.3, 0.4) is 0 Å². The Balaban J connectivity index is 2.13. The summed E-state index contributed by atoms with van der Waals surface area (Å²) in [7, 11) is 0. The molecule has 0 radical (unpaired) electrons. The molecule has 0 amide bonds. The van der Waals surface area contributed by atoms with Gasteiger partial charge in [-0.05, 0) is 51.0 Å². The fraction of sp³-hybridized carbons (Fsp3) is 0.611. The van der Waals surface area contributed by atoms with E-state index >= 15 is 0 Å².